The topological polar surface area (TPSA) is 99.3 Å². The van der Waals surface area contributed by atoms with Crippen molar-refractivity contribution < 1.29 is 18.8 Å². The van der Waals surface area contributed by atoms with Gasteiger partial charge in [-0.2, -0.15) is 5.10 Å². The van der Waals surface area contributed by atoms with Crippen molar-refractivity contribution in [2.75, 3.05) is 12.4 Å². The lowest BCUT2D eigenvalue weighted by atomic mass is 10.1. The van der Waals surface area contributed by atoms with Crippen molar-refractivity contribution in [2.24, 2.45) is 0 Å². The highest BCUT2D eigenvalue weighted by molar-refractivity contribution is 6.33. The maximum atomic E-state index is 13.9. The second kappa shape index (κ2) is 8.46. The lowest BCUT2D eigenvalue weighted by Gasteiger charge is -2.06. The fourth-order valence-corrected chi connectivity index (χ4v) is 2.98. The number of nitrogens with zero attached hydrogens (tertiary/aromatic N) is 3. The zero-order chi connectivity index (χ0) is 21.1. The first-order valence-corrected chi connectivity index (χ1v) is 8.85. The number of nitrogens with one attached hydrogen (secondary N) is 1. The number of nitro groups is 1. The fourth-order valence-electron chi connectivity index (χ4n) is 2.56. The summed E-state index contributed by atoms with van der Waals surface area (Å²) in [4.78, 5) is 22.9. The van der Waals surface area contributed by atoms with Gasteiger partial charge in [-0.1, -0.05) is 29.3 Å². The molecule has 0 spiro atoms. The van der Waals surface area contributed by atoms with Crippen LogP contribution in [-0.2, 0) is 6.54 Å². The monoisotopic (exact) mass is 438 g/mol. The van der Waals surface area contributed by atoms with Crippen LogP contribution in [0.5, 0.6) is 5.75 Å². The van der Waals surface area contributed by atoms with Crippen molar-refractivity contribution in [1.29, 1.82) is 0 Å². The third kappa shape index (κ3) is 4.47. The van der Waals surface area contributed by atoms with Crippen LogP contribution >= 0.6 is 23.2 Å². The third-order valence-corrected chi connectivity index (χ3v) is 4.60. The summed E-state index contributed by atoms with van der Waals surface area (Å²) < 4.78 is 20.2. The summed E-state index contributed by atoms with van der Waals surface area (Å²) in [5, 5.41) is 18.0. The number of hydrogen-bond donors (Lipinski definition) is 1. The quantitative estimate of drug-likeness (QED) is 0.449. The van der Waals surface area contributed by atoms with Crippen molar-refractivity contribution in [2.45, 2.75) is 6.54 Å². The first-order valence-electron chi connectivity index (χ1n) is 8.09. The SMILES string of the molecule is COc1ccc(C(=O)Nc2nn(Cc3c(F)cccc3Cl)cc2Cl)cc1[N+](=O)[O-]. The van der Waals surface area contributed by atoms with E-state index in [1.165, 1.54) is 42.3 Å². The van der Waals surface area contributed by atoms with E-state index >= 15 is 0 Å². The number of carbonyl (C=O) groups is 1. The zero-order valence-corrected chi connectivity index (χ0v) is 16.4. The molecule has 1 N–H and O–H groups in total. The van der Waals surface area contributed by atoms with Crippen molar-refractivity contribution >= 4 is 40.6 Å². The molecule has 0 aliphatic carbocycles. The second-order valence-corrected chi connectivity index (χ2v) is 6.64. The maximum Gasteiger partial charge on any atom is 0.311 e. The Balaban J connectivity index is 1.82. The van der Waals surface area contributed by atoms with Crippen molar-refractivity contribution in [3.05, 3.63) is 79.7 Å². The number of methoxy groups -OCH3 is 1. The smallest absolute Gasteiger partial charge is 0.311 e. The van der Waals surface area contributed by atoms with Crippen LogP contribution in [0.2, 0.25) is 10.0 Å². The minimum Gasteiger partial charge on any atom is -0.490 e. The van der Waals surface area contributed by atoms with Gasteiger partial charge in [0.1, 0.15) is 10.8 Å². The van der Waals surface area contributed by atoms with E-state index in [9.17, 15) is 19.3 Å². The minimum absolute atomic E-state index is 0.00486. The molecule has 29 heavy (non-hydrogen) atoms. The normalized spacial score (nSPS) is 10.6. The highest BCUT2D eigenvalue weighted by Gasteiger charge is 2.20. The number of benzene rings is 2. The molecule has 0 saturated heterocycles. The molecule has 1 aromatic heterocycles. The van der Waals surface area contributed by atoms with Gasteiger partial charge in [-0.05, 0) is 24.3 Å². The molecule has 11 heteroatoms. The zero-order valence-electron chi connectivity index (χ0n) is 14.9. The molecule has 3 aromatic rings. The van der Waals surface area contributed by atoms with E-state index in [2.05, 4.69) is 10.4 Å². The van der Waals surface area contributed by atoms with Crippen LogP contribution in [0, 0.1) is 15.9 Å². The lowest BCUT2D eigenvalue weighted by Crippen LogP contribution is -2.13. The number of hydrogen-bond acceptors (Lipinski definition) is 5. The van der Waals surface area contributed by atoms with Gasteiger partial charge in [0, 0.05) is 28.4 Å². The van der Waals surface area contributed by atoms with Gasteiger partial charge in [-0.15, -0.1) is 0 Å². The average Bonchev–Trinajstić information content (AvgIpc) is 3.03. The molecule has 1 amide bonds. The third-order valence-electron chi connectivity index (χ3n) is 3.97. The summed E-state index contributed by atoms with van der Waals surface area (Å²) >= 11 is 12.1. The number of amides is 1. The summed E-state index contributed by atoms with van der Waals surface area (Å²) in [6.45, 7) is -0.00486. The van der Waals surface area contributed by atoms with Crippen molar-refractivity contribution in [3.8, 4) is 5.75 Å². The van der Waals surface area contributed by atoms with Crippen LogP contribution in [0.1, 0.15) is 15.9 Å². The second-order valence-electron chi connectivity index (χ2n) is 5.82. The largest absolute Gasteiger partial charge is 0.490 e. The number of nitro benzene ring substituents is 1. The predicted octanol–water partition coefficient (Wildman–Crippen LogP) is 4.55. The van der Waals surface area contributed by atoms with Gasteiger partial charge in [-0.25, -0.2) is 4.39 Å². The van der Waals surface area contributed by atoms with E-state index in [1.807, 2.05) is 0 Å². The van der Waals surface area contributed by atoms with E-state index < -0.39 is 16.6 Å². The number of halogens is 3. The molecule has 3 rings (SSSR count). The molecule has 2 aromatic carbocycles. The highest BCUT2D eigenvalue weighted by atomic mass is 35.5. The van der Waals surface area contributed by atoms with Crippen LogP contribution in [0.4, 0.5) is 15.9 Å². The number of anilines is 1. The van der Waals surface area contributed by atoms with Crippen LogP contribution in [0.15, 0.2) is 42.6 Å². The molecule has 0 bridgehead atoms. The molecule has 0 fully saturated rings. The molecule has 0 radical (unpaired) electrons. The average molecular weight is 439 g/mol. The van der Waals surface area contributed by atoms with Crippen LogP contribution < -0.4 is 10.1 Å². The van der Waals surface area contributed by atoms with E-state index in [0.29, 0.717) is 0 Å². The first kappa shape index (κ1) is 20.6. The van der Waals surface area contributed by atoms with Gasteiger partial charge >= 0.3 is 5.69 Å². The number of carbonyl (C=O) groups excluding carboxylic acids is 1. The van der Waals surface area contributed by atoms with Gasteiger partial charge in [-0.3, -0.25) is 19.6 Å². The molecular weight excluding hydrogens is 426 g/mol. The Morgan fingerprint density at radius 1 is 1.31 bits per heavy atom. The molecule has 150 valence electrons. The highest BCUT2D eigenvalue weighted by Crippen LogP contribution is 2.28. The van der Waals surface area contributed by atoms with E-state index in [0.717, 1.165) is 6.07 Å². The Morgan fingerprint density at radius 3 is 2.72 bits per heavy atom. The molecular formula is C18H13Cl2FN4O4. The summed E-state index contributed by atoms with van der Waals surface area (Å²) in [6.07, 6.45) is 1.40. The Hall–Kier alpha value is -3.17. The van der Waals surface area contributed by atoms with E-state index in [1.54, 1.807) is 6.07 Å². The fraction of sp³-hybridized carbons (Fsp3) is 0.111. The lowest BCUT2D eigenvalue weighted by molar-refractivity contribution is -0.385. The van der Waals surface area contributed by atoms with Crippen LogP contribution in [-0.4, -0.2) is 27.7 Å². The molecule has 0 atom stereocenters. The molecule has 0 aliphatic heterocycles. The summed E-state index contributed by atoms with van der Waals surface area (Å²) in [7, 11) is 1.29. The standard InChI is InChI=1S/C18H13Cl2FN4O4/c1-29-16-6-5-10(7-15(16)25(27)28)18(26)22-17-13(20)9-24(23-17)8-11-12(19)3-2-4-14(11)21/h2-7,9H,8H2,1H3,(H,22,23,26). The Bertz CT molecular complexity index is 1080. The molecule has 0 unspecified atom stereocenters. The van der Waals surface area contributed by atoms with Gasteiger partial charge in [0.2, 0.25) is 0 Å². The van der Waals surface area contributed by atoms with E-state index in [4.69, 9.17) is 27.9 Å². The number of ether oxygens (including phenoxy) is 1. The van der Waals surface area contributed by atoms with Gasteiger partial charge < -0.3 is 10.1 Å². The molecule has 1 heterocycles. The van der Waals surface area contributed by atoms with E-state index in [-0.39, 0.29) is 45.0 Å². The number of aromatic nitrogens is 2. The summed E-state index contributed by atoms with van der Waals surface area (Å²) in [5.41, 5.74) is -0.122. The summed E-state index contributed by atoms with van der Waals surface area (Å²) in [6, 6.07) is 8.06. The molecule has 8 nitrogen and oxygen atoms in total. The predicted molar refractivity (Wildman–Crippen MR) is 105 cm³/mol. The number of rotatable bonds is 6. The van der Waals surface area contributed by atoms with Gasteiger partial charge in [0.25, 0.3) is 5.91 Å². The Kier molecular flexibility index (Phi) is 6.00. The molecule has 0 aliphatic rings. The Labute approximate surface area is 173 Å². The molecule has 0 saturated carbocycles. The van der Waals surface area contributed by atoms with Crippen molar-refractivity contribution in [3.63, 3.8) is 0 Å². The van der Waals surface area contributed by atoms with Crippen LogP contribution in [0.3, 0.4) is 0 Å². The first-order chi connectivity index (χ1) is 13.8. The summed E-state index contributed by atoms with van der Waals surface area (Å²) in [5.74, 6) is -1.12. The van der Waals surface area contributed by atoms with Gasteiger partial charge in [0.15, 0.2) is 11.6 Å². The maximum absolute atomic E-state index is 13.9. The van der Waals surface area contributed by atoms with Crippen molar-refractivity contribution in [1.82, 2.24) is 9.78 Å². The minimum atomic E-state index is -0.660. The Morgan fingerprint density at radius 2 is 2.07 bits per heavy atom. The van der Waals surface area contributed by atoms with Crippen LogP contribution in [0.25, 0.3) is 0 Å². The van der Waals surface area contributed by atoms with Gasteiger partial charge in [0.05, 0.1) is 18.6 Å².